The van der Waals surface area contributed by atoms with Gasteiger partial charge in [-0.1, -0.05) is 29.8 Å². The molecule has 5 nitrogen and oxygen atoms in total. The van der Waals surface area contributed by atoms with Crippen LogP contribution in [0.4, 0.5) is 5.69 Å². The number of nitrogens with zero attached hydrogens (tertiary/aromatic N) is 3. The second kappa shape index (κ2) is 9.58. The Morgan fingerprint density at radius 3 is 2.54 bits per heavy atom. The van der Waals surface area contributed by atoms with E-state index in [-0.39, 0.29) is 6.04 Å². The fraction of sp³-hybridized carbons (Fsp3) is 0.250. The van der Waals surface area contributed by atoms with Crippen LogP contribution in [0.25, 0.3) is 0 Å². The highest BCUT2D eigenvalue weighted by Crippen LogP contribution is 2.27. The predicted molar refractivity (Wildman–Crippen MR) is 102 cm³/mol. The lowest BCUT2D eigenvalue weighted by molar-refractivity contribution is -0.108. The molecule has 6 heteroatoms. The lowest BCUT2D eigenvalue weighted by Gasteiger charge is -2.33. The first-order valence-corrected chi connectivity index (χ1v) is 8.55. The highest BCUT2D eigenvalue weighted by Gasteiger charge is 2.20. The zero-order valence-electron chi connectivity index (χ0n) is 14.4. The van der Waals surface area contributed by atoms with Crippen molar-refractivity contribution in [3.05, 3.63) is 64.2 Å². The number of anilines is 1. The van der Waals surface area contributed by atoms with E-state index in [0.717, 1.165) is 17.5 Å². The van der Waals surface area contributed by atoms with Crippen LogP contribution in [0.2, 0.25) is 5.02 Å². The largest absolute Gasteiger partial charge is 0.362 e. The van der Waals surface area contributed by atoms with Crippen molar-refractivity contribution in [2.75, 3.05) is 18.5 Å². The maximum absolute atomic E-state index is 11.2. The minimum Gasteiger partial charge on any atom is -0.362 e. The standard InChI is InChI=1S/C20H19ClN4O/c1-24-13-19(8-9-26)25(14-17-5-3-2-4-15(17)11-22)18-7-6-16(12-23)20(21)10-18/h2-7,9-10,19,24H,8,13-14H2,1H3/t19-/m0/s1. The fourth-order valence-electron chi connectivity index (χ4n) is 2.82. The van der Waals surface area contributed by atoms with Crippen molar-refractivity contribution in [1.82, 2.24) is 5.32 Å². The van der Waals surface area contributed by atoms with Gasteiger partial charge >= 0.3 is 0 Å². The summed E-state index contributed by atoms with van der Waals surface area (Å²) < 4.78 is 0. The Morgan fingerprint density at radius 2 is 1.92 bits per heavy atom. The molecule has 1 N–H and O–H groups in total. The lowest BCUT2D eigenvalue weighted by atomic mass is 10.0. The Labute approximate surface area is 158 Å². The van der Waals surface area contributed by atoms with Gasteiger partial charge < -0.3 is 15.0 Å². The zero-order chi connectivity index (χ0) is 18.9. The normalized spacial score (nSPS) is 11.2. The first-order valence-electron chi connectivity index (χ1n) is 8.17. The molecule has 0 heterocycles. The highest BCUT2D eigenvalue weighted by atomic mass is 35.5. The Balaban J connectivity index is 2.48. The van der Waals surface area contributed by atoms with Gasteiger partial charge in [0.1, 0.15) is 12.4 Å². The number of likely N-dealkylation sites (N-methyl/N-ethyl adjacent to an activating group) is 1. The molecule has 132 valence electrons. The average Bonchev–Trinajstić information content (AvgIpc) is 2.66. The van der Waals surface area contributed by atoms with Crippen molar-refractivity contribution in [1.29, 1.82) is 10.5 Å². The van der Waals surface area contributed by atoms with E-state index in [4.69, 9.17) is 16.9 Å². The summed E-state index contributed by atoms with van der Waals surface area (Å²) in [5.41, 5.74) is 2.64. The van der Waals surface area contributed by atoms with E-state index in [1.807, 2.05) is 42.3 Å². The molecule has 0 unspecified atom stereocenters. The number of benzene rings is 2. The van der Waals surface area contributed by atoms with E-state index in [9.17, 15) is 10.1 Å². The van der Waals surface area contributed by atoms with Gasteiger partial charge in [-0.15, -0.1) is 0 Å². The second-order valence-corrected chi connectivity index (χ2v) is 6.19. The van der Waals surface area contributed by atoms with Crippen LogP contribution in [0.1, 0.15) is 23.1 Å². The smallest absolute Gasteiger partial charge is 0.122 e. The number of aldehydes is 1. The average molecular weight is 367 g/mol. The number of carbonyl (C=O) groups is 1. The SMILES string of the molecule is CNC[C@H](CC=O)N(Cc1ccccc1C#N)c1ccc(C#N)c(Cl)c1. The molecule has 26 heavy (non-hydrogen) atoms. The third kappa shape index (κ3) is 4.61. The first-order chi connectivity index (χ1) is 12.6. The molecule has 0 aliphatic rings. The van der Waals surface area contributed by atoms with Gasteiger partial charge in [0.25, 0.3) is 0 Å². The van der Waals surface area contributed by atoms with E-state index in [1.165, 1.54) is 0 Å². The minimum absolute atomic E-state index is 0.117. The molecule has 0 amide bonds. The molecule has 0 radical (unpaired) electrons. The maximum Gasteiger partial charge on any atom is 0.122 e. The molecule has 1 atom stereocenters. The van der Waals surface area contributed by atoms with E-state index < -0.39 is 0 Å². The van der Waals surface area contributed by atoms with Crippen LogP contribution in [0.3, 0.4) is 0 Å². The highest BCUT2D eigenvalue weighted by molar-refractivity contribution is 6.32. The zero-order valence-corrected chi connectivity index (χ0v) is 15.2. The third-order valence-electron chi connectivity index (χ3n) is 4.13. The Bertz CT molecular complexity index is 854. The first kappa shape index (κ1) is 19.5. The summed E-state index contributed by atoms with van der Waals surface area (Å²) >= 11 is 6.21. The van der Waals surface area contributed by atoms with E-state index in [1.54, 1.807) is 18.2 Å². The van der Waals surface area contributed by atoms with E-state index >= 15 is 0 Å². The van der Waals surface area contributed by atoms with Crippen LogP contribution < -0.4 is 10.2 Å². The van der Waals surface area contributed by atoms with Gasteiger partial charge in [-0.3, -0.25) is 0 Å². The van der Waals surface area contributed by atoms with Crippen LogP contribution >= 0.6 is 11.6 Å². The maximum atomic E-state index is 11.2. The summed E-state index contributed by atoms with van der Waals surface area (Å²) in [5, 5.41) is 21.9. The molecule has 0 aliphatic heterocycles. The van der Waals surface area contributed by atoms with Crippen molar-refractivity contribution >= 4 is 23.6 Å². The van der Waals surface area contributed by atoms with Crippen molar-refractivity contribution in [2.24, 2.45) is 0 Å². The van der Waals surface area contributed by atoms with Crippen LogP contribution in [0.15, 0.2) is 42.5 Å². The molecule has 0 saturated carbocycles. The number of halogens is 1. The second-order valence-electron chi connectivity index (χ2n) is 5.79. The van der Waals surface area contributed by atoms with Crippen LogP contribution in [-0.2, 0) is 11.3 Å². The van der Waals surface area contributed by atoms with Gasteiger partial charge in [-0.05, 0) is 36.9 Å². The van der Waals surface area contributed by atoms with Crippen LogP contribution in [0.5, 0.6) is 0 Å². The number of rotatable bonds is 8. The number of nitrogens with one attached hydrogen (secondary N) is 1. The van der Waals surface area contributed by atoms with Gasteiger partial charge in [-0.25, -0.2) is 0 Å². The van der Waals surface area contributed by atoms with Gasteiger partial charge in [0.05, 0.1) is 22.2 Å². The molecule has 2 aromatic carbocycles. The van der Waals surface area contributed by atoms with Gasteiger partial charge in [0.2, 0.25) is 0 Å². The summed E-state index contributed by atoms with van der Waals surface area (Å²) in [5.74, 6) is 0. The molecule has 0 bridgehead atoms. The summed E-state index contributed by atoms with van der Waals surface area (Å²) in [6.07, 6.45) is 1.21. The van der Waals surface area contributed by atoms with Crippen LogP contribution in [0, 0.1) is 22.7 Å². The van der Waals surface area contributed by atoms with Crippen molar-refractivity contribution in [3.63, 3.8) is 0 Å². The topological polar surface area (TPSA) is 79.9 Å². The number of carbonyl (C=O) groups excluding carboxylic acids is 1. The van der Waals surface area contributed by atoms with Crippen molar-refractivity contribution in [2.45, 2.75) is 19.0 Å². The lowest BCUT2D eigenvalue weighted by Crippen LogP contribution is -2.42. The van der Waals surface area contributed by atoms with Crippen molar-refractivity contribution in [3.8, 4) is 12.1 Å². The Morgan fingerprint density at radius 1 is 1.19 bits per heavy atom. The molecule has 0 fully saturated rings. The predicted octanol–water partition coefficient (Wildman–Crippen LogP) is 3.27. The third-order valence-corrected chi connectivity index (χ3v) is 4.44. The summed E-state index contributed by atoms with van der Waals surface area (Å²) in [4.78, 5) is 13.2. The van der Waals surface area contributed by atoms with E-state index in [2.05, 4.69) is 11.4 Å². The van der Waals surface area contributed by atoms with E-state index in [0.29, 0.717) is 35.7 Å². The molecule has 0 aliphatic carbocycles. The molecule has 0 aromatic heterocycles. The van der Waals surface area contributed by atoms with Crippen molar-refractivity contribution < 1.29 is 4.79 Å². The van der Waals surface area contributed by atoms with Gasteiger partial charge in [0, 0.05) is 31.2 Å². The molecule has 2 aromatic rings. The quantitative estimate of drug-likeness (QED) is 0.725. The van der Waals surface area contributed by atoms with Gasteiger partial charge in [-0.2, -0.15) is 10.5 Å². The molecular formula is C20H19ClN4O. The van der Waals surface area contributed by atoms with Crippen LogP contribution in [-0.4, -0.2) is 25.9 Å². The molecule has 2 rings (SSSR count). The Kier molecular flexibility index (Phi) is 7.17. The molecular weight excluding hydrogens is 348 g/mol. The summed E-state index contributed by atoms with van der Waals surface area (Å²) in [7, 11) is 1.82. The number of hydrogen-bond donors (Lipinski definition) is 1. The minimum atomic E-state index is -0.117. The Hall–Kier alpha value is -2.86. The fourth-order valence-corrected chi connectivity index (χ4v) is 3.04. The monoisotopic (exact) mass is 366 g/mol. The number of hydrogen-bond acceptors (Lipinski definition) is 5. The summed E-state index contributed by atoms with van der Waals surface area (Å²) in [6.45, 7) is 1.04. The molecule has 0 spiro atoms. The number of nitriles is 2. The summed E-state index contributed by atoms with van der Waals surface area (Å²) in [6, 6.07) is 16.7. The molecule has 0 saturated heterocycles. The van der Waals surface area contributed by atoms with Gasteiger partial charge in [0.15, 0.2) is 0 Å².